The van der Waals surface area contributed by atoms with Gasteiger partial charge in [-0.3, -0.25) is 0 Å². The molecule has 0 spiro atoms. The monoisotopic (exact) mass is 250 g/mol. The van der Waals surface area contributed by atoms with Crippen molar-refractivity contribution in [1.82, 2.24) is 4.98 Å². The lowest BCUT2D eigenvalue weighted by atomic mass is 10.3. The van der Waals surface area contributed by atoms with Gasteiger partial charge in [0, 0.05) is 5.56 Å². The Kier molecular flexibility index (Phi) is 2.64. The summed E-state index contributed by atoms with van der Waals surface area (Å²) >= 11 is 8.68. The van der Waals surface area contributed by atoms with Crippen LogP contribution in [-0.4, -0.2) is 9.91 Å². The van der Waals surface area contributed by atoms with E-state index in [0.29, 0.717) is 10.0 Å². The largest absolute Gasteiger partial charge is 0.368 e. The van der Waals surface area contributed by atoms with E-state index in [-0.39, 0.29) is 11.0 Å². The number of hydrogen-bond donors (Lipinski definition) is 0. The van der Waals surface area contributed by atoms with Gasteiger partial charge in [-0.25, -0.2) is 0 Å². The minimum Gasteiger partial charge on any atom is -0.358 e. The van der Waals surface area contributed by atoms with Gasteiger partial charge >= 0.3 is 5.82 Å². The lowest BCUT2D eigenvalue weighted by Gasteiger charge is -1.97. The SMILES string of the molecule is Cc1cc(Br)c(Cl)nc1[N+](=O)[O-]. The van der Waals surface area contributed by atoms with Crippen LogP contribution in [0.15, 0.2) is 10.5 Å². The highest BCUT2D eigenvalue weighted by atomic mass is 79.9. The van der Waals surface area contributed by atoms with Crippen molar-refractivity contribution in [3.8, 4) is 0 Å². The molecule has 0 atom stereocenters. The maximum atomic E-state index is 10.4. The molecule has 0 aliphatic rings. The average Bonchev–Trinajstić information content (AvgIpc) is 1.96. The summed E-state index contributed by atoms with van der Waals surface area (Å²) in [6, 6.07) is 1.56. The van der Waals surface area contributed by atoms with Crippen LogP contribution in [0.25, 0.3) is 0 Å². The molecule has 0 saturated carbocycles. The third-order valence-electron chi connectivity index (χ3n) is 1.27. The lowest BCUT2D eigenvalue weighted by molar-refractivity contribution is -0.390. The molecule has 0 radical (unpaired) electrons. The Labute approximate surface area is 81.8 Å². The molecule has 1 aromatic rings. The second kappa shape index (κ2) is 3.37. The number of nitro groups is 1. The van der Waals surface area contributed by atoms with E-state index in [9.17, 15) is 10.1 Å². The lowest BCUT2D eigenvalue weighted by Crippen LogP contribution is -1.95. The van der Waals surface area contributed by atoms with Crippen LogP contribution in [0.4, 0.5) is 5.82 Å². The van der Waals surface area contributed by atoms with Crippen molar-refractivity contribution in [1.29, 1.82) is 0 Å². The van der Waals surface area contributed by atoms with Gasteiger partial charge in [-0.15, -0.1) is 0 Å². The summed E-state index contributed by atoms with van der Waals surface area (Å²) in [6.07, 6.45) is 0. The molecule has 1 aromatic heterocycles. The van der Waals surface area contributed by atoms with Crippen molar-refractivity contribution in [2.45, 2.75) is 6.92 Å². The van der Waals surface area contributed by atoms with Gasteiger partial charge in [0.15, 0.2) is 0 Å². The van der Waals surface area contributed by atoms with Crippen LogP contribution in [-0.2, 0) is 0 Å². The molecule has 0 aromatic carbocycles. The van der Waals surface area contributed by atoms with Gasteiger partial charge in [0.25, 0.3) is 5.15 Å². The average molecular weight is 251 g/mol. The summed E-state index contributed by atoms with van der Waals surface area (Å²) in [6.45, 7) is 1.60. The molecular weight excluding hydrogens is 247 g/mol. The van der Waals surface area contributed by atoms with Gasteiger partial charge in [0.2, 0.25) is 0 Å². The number of nitrogens with zero attached hydrogens (tertiary/aromatic N) is 2. The van der Waals surface area contributed by atoms with E-state index in [1.807, 2.05) is 0 Å². The number of aromatic nitrogens is 1. The van der Waals surface area contributed by atoms with Crippen LogP contribution in [0.5, 0.6) is 0 Å². The molecule has 0 bridgehead atoms. The Balaban J connectivity index is 3.33. The minimum absolute atomic E-state index is 0.104. The maximum Gasteiger partial charge on any atom is 0.368 e. The first-order chi connectivity index (χ1) is 5.52. The smallest absolute Gasteiger partial charge is 0.358 e. The van der Waals surface area contributed by atoms with Crippen molar-refractivity contribution in [2.24, 2.45) is 0 Å². The third-order valence-corrected chi connectivity index (χ3v) is 2.39. The summed E-state index contributed by atoms with van der Waals surface area (Å²) < 4.78 is 0.562. The van der Waals surface area contributed by atoms with Crippen molar-refractivity contribution in [3.63, 3.8) is 0 Å². The van der Waals surface area contributed by atoms with E-state index < -0.39 is 4.92 Å². The molecule has 4 nitrogen and oxygen atoms in total. The molecule has 0 aliphatic carbocycles. The van der Waals surface area contributed by atoms with Crippen LogP contribution in [0.2, 0.25) is 5.15 Å². The van der Waals surface area contributed by atoms with E-state index in [1.165, 1.54) is 0 Å². The molecule has 6 heteroatoms. The van der Waals surface area contributed by atoms with Gasteiger partial charge in [-0.2, -0.15) is 0 Å². The fourth-order valence-corrected chi connectivity index (χ4v) is 1.30. The molecular formula is C6H4BrClN2O2. The molecule has 0 amide bonds. The number of hydrogen-bond acceptors (Lipinski definition) is 3. The highest BCUT2D eigenvalue weighted by Gasteiger charge is 2.16. The highest BCUT2D eigenvalue weighted by Crippen LogP contribution is 2.26. The Morgan fingerprint density at radius 1 is 1.75 bits per heavy atom. The van der Waals surface area contributed by atoms with Crippen molar-refractivity contribution >= 4 is 33.3 Å². The van der Waals surface area contributed by atoms with Crippen molar-refractivity contribution < 1.29 is 4.92 Å². The zero-order chi connectivity index (χ0) is 9.30. The van der Waals surface area contributed by atoms with Gasteiger partial charge in [-0.1, -0.05) is 0 Å². The zero-order valence-corrected chi connectivity index (χ0v) is 8.39. The summed E-state index contributed by atoms with van der Waals surface area (Å²) in [7, 11) is 0. The van der Waals surface area contributed by atoms with Crippen LogP contribution < -0.4 is 0 Å². The van der Waals surface area contributed by atoms with E-state index in [0.717, 1.165) is 0 Å². The highest BCUT2D eigenvalue weighted by molar-refractivity contribution is 9.10. The first-order valence-corrected chi connectivity index (χ1v) is 4.16. The predicted octanol–water partition coefficient (Wildman–Crippen LogP) is 2.71. The van der Waals surface area contributed by atoms with Crippen LogP contribution >= 0.6 is 27.5 Å². The number of pyridine rings is 1. The standard InChI is InChI=1S/C6H4BrClN2O2/c1-3-2-4(7)5(8)9-6(3)10(11)12/h2H,1H3. The fraction of sp³-hybridized carbons (Fsp3) is 0.167. The molecule has 12 heavy (non-hydrogen) atoms. The molecule has 0 saturated heterocycles. The zero-order valence-electron chi connectivity index (χ0n) is 6.04. The first-order valence-electron chi connectivity index (χ1n) is 2.99. The normalized spacial score (nSPS) is 9.92. The number of halogens is 2. The molecule has 1 rings (SSSR count). The second-order valence-electron chi connectivity index (χ2n) is 2.16. The van der Waals surface area contributed by atoms with Crippen LogP contribution in [0.3, 0.4) is 0 Å². The predicted molar refractivity (Wildman–Crippen MR) is 48.3 cm³/mol. The molecule has 64 valence electrons. The minimum atomic E-state index is -0.562. The summed E-state index contributed by atoms with van der Waals surface area (Å²) in [4.78, 5) is 13.4. The topological polar surface area (TPSA) is 56.0 Å². The van der Waals surface area contributed by atoms with Gasteiger partial charge in [0.05, 0.1) is 4.47 Å². The quantitative estimate of drug-likeness (QED) is 0.438. The molecule has 0 fully saturated rings. The summed E-state index contributed by atoms with van der Waals surface area (Å²) in [5, 5.41) is 10.5. The summed E-state index contributed by atoms with van der Waals surface area (Å²) in [5.41, 5.74) is 0.483. The maximum absolute atomic E-state index is 10.4. The van der Waals surface area contributed by atoms with Crippen LogP contribution in [0.1, 0.15) is 5.56 Å². The fourth-order valence-electron chi connectivity index (χ4n) is 0.734. The third kappa shape index (κ3) is 1.73. The van der Waals surface area contributed by atoms with E-state index >= 15 is 0 Å². The van der Waals surface area contributed by atoms with Crippen molar-refractivity contribution in [2.75, 3.05) is 0 Å². The first kappa shape index (κ1) is 9.41. The Morgan fingerprint density at radius 3 is 2.83 bits per heavy atom. The van der Waals surface area contributed by atoms with Crippen LogP contribution in [0, 0.1) is 17.0 Å². The Bertz CT molecular complexity index is 343. The second-order valence-corrected chi connectivity index (χ2v) is 3.37. The Morgan fingerprint density at radius 2 is 2.33 bits per heavy atom. The number of aryl methyl sites for hydroxylation is 1. The molecule has 0 N–H and O–H groups in total. The van der Waals surface area contributed by atoms with Gasteiger partial charge in [0.1, 0.15) is 0 Å². The molecule has 1 heterocycles. The van der Waals surface area contributed by atoms with E-state index in [2.05, 4.69) is 20.9 Å². The van der Waals surface area contributed by atoms with Crippen molar-refractivity contribution in [3.05, 3.63) is 31.4 Å². The van der Waals surface area contributed by atoms with E-state index in [4.69, 9.17) is 11.6 Å². The van der Waals surface area contributed by atoms with Gasteiger partial charge in [-0.05, 0) is 50.4 Å². The number of rotatable bonds is 1. The van der Waals surface area contributed by atoms with E-state index in [1.54, 1.807) is 13.0 Å². The molecule has 0 unspecified atom stereocenters. The van der Waals surface area contributed by atoms with Gasteiger partial charge < -0.3 is 10.1 Å². The Hall–Kier alpha value is -0.680. The summed E-state index contributed by atoms with van der Waals surface area (Å²) in [5.74, 6) is -0.205. The molecule has 0 aliphatic heterocycles.